The normalized spacial score (nSPS) is 16.5. The highest BCUT2D eigenvalue weighted by molar-refractivity contribution is 7.90. The van der Waals surface area contributed by atoms with E-state index in [0.717, 1.165) is 12.5 Å². The molecule has 1 fully saturated rings. The maximum absolute atomic E-state index is 14.2. The summed E-state index contributed by atoms with van der Waals surface area (Å²) < 4.78 is 98.5. The van der Waals surface area contributed by atoms with Crippen LogP contribution in [0.15, 0.2) is 42.6 Å². The fourth-order valence-corrected chi connectivity index (χ4v) is 6.11. The molecule has 1 aromatic carbocycles. The van der Waals surface area contributed by atoms with Crippen molar-refractivity contribution in [3.05, 3.63) is 53.7 Å². The summed E-state index contributed by atoms with van der Waals surface area (Å²) in [4.78, 5) is 4.47. The first-order valence-electron chi connectivity index (χ1n) is 11.6. The first-order chi connectivity index (χ1) is 16.7. The number of sulfonamides is 1. The number of nitrogens with one attached hydrogen (secondary N) is 1. The van der Waals surface area contributed by atoms with Crippen molar-refractivity contribution in [2.24, 2.45) is 5.41 Å². The number of nitrogens with zero attached hydrogens (tertiary/aromatic N) is 2. The van der Waals surface area contributed by atoms with Crippen molar-refractivity contribution in [3.8, 4) is 11.3 Å². The Bertz CT molecular complexity index is 1360. The minimum atomic E-state index is -4.60. The van der Waals surface area contributed by atoms with Gasteiger partial charge in [-0.15, -0.1) is 0 Å². The van der Waals surface area contributed by atoms with Gasteiger partial charge in [-0.25, -0.2) is 26.9 Å². The molecule has 1 N–H and O–H groups in total. The summed E-state index contributed by atoms with van der Waals surface area (Å²) in [6.45, 7) is 6.09. The molecule has 36 heavy (non-hydrogen) atoms. The number of hydrogen-bond donors (Lipinski definition) is 1. The van der Waals surface area contributed by atoms with E-state index >= 15 is 0 Å². The highest BCUT2D eigenvalue weighted by Gasteiger charge is 2.38. The third-order valence-corrected chi connectivity index (χ3v) is 8.21. The molecule has 0 spiro atoms. The topological polar surface area (TPSA) is 64.0 Å². The van der Waals surface area contributed by atoms with Gasteiger partial charge in [0.25, 0.3) is 6.43 Å². The first kappa shape index (κ1) is 26.5. The highest BCUT2D eigenvalue weighted by atomic mass is 32.2. The molecule has 11 heteroatoms. The van der Waals surface area contributed by atoms with Crippen molar-refractivity contribution in [1.29, 1.82) is 0 Å². The van der Waals surface area contributed by atoms with Crippen LogP contribution in [0, 0.1) is 5.41 Å². The van der Waals surface area contributed by atoms with Gasteiger partial charge in [0.05, 0.1) is 16.5 Å². The number of halogens is 5. The van der Waals surface area contributed by atoms with Gasteiger partial charge in [0.15, 0.2) is 0 Å². The van der Waals surface area contributed by atoms with Crippen molar-refractivity contribution in [2.45, 2.75) is 70.5 Å². The molecular weight excluding hydrogens is 501 g/mol. The Morgan fingerprint density at radius 2 is 1.75 bits per heavy atom. The monoisotopic (exact) mass is 529 g/mol. The smallest absolute Gasteiger partial charge is 0.332 e. The Balaban J connectivity index is 1.87. The zero-order valence-electron chi connectivity index (χ0n) is 20.1. The summed E-state index contributed by atoms with van der Waals surface area (Å²) in [5.41, 5.74) is -1.02. The van der Waals surface area contributed by atoms with Gasteiger partial charge in [0.2, 0.25) is 10.0 Å². The largest absolute Gasteiger partial charge is 0.417 e. The molecule has 1 atom stereocenters. The SMILES string of the molecule is CC(C)(C)Cn1cc(C(NS(=O)(=O)C2CCC2)C(F)F)c2ccc(-c3ccccc3C(F)(F)F)nc21. The Morgan fingerprint density at radius 1 is 1.08 bits per heavy atom. The maximum Gasteiger partial charge on any atom is 0.417 e. The number of pyridine rings is 1. The van der Waals surface area contributed by atoms with Crippen LogP contribution in [0.2, 0.25) is 0 Å². The molecule has 2 heterocycles. The van der Waals surface area contributed by atoms with Gasteiger partial charge < -0.3 is 4.57 Å². The quantitative estimate of drug-likeness (QED) is 0.353. The van der Waals surface area contributed by atoms with Crippen LogP contribution < -0.4 is 4.72 Å². The van der Waals surface area contributed by atoms with E-state index < -0.39 is 39.5 Å². The van der Waals surface area contributed by atoms with Crippen molar-refractivity contribution in [1.82, 2.24) is 14.3 Å². The molecule has 2 aromatic heterocycles. The van der Waals surface area contributed by atoms with Crippen LogP contribution in [0.25, 0.3) is 22.3 Å². The Hall–Kier alpha value is -2.53. The Kier molecular flexibility index (Phi) is 6.93. The van der Waals surface area contributed by atoms with Crippen molar-refractivity contribution >= 4 is 21.1 Å². The summed E-state index contributed by atoms with van der Waals surface area (Å²) in [7, 11) is -3.97. The average molecular weight is 530 g/mol. The predicted molar refractivity (Wildman–Crippen MR) is 128 cm³/mol. The third kappa shape index (κ3) is 5.41. The van der Waals surface area contributed by atoms with E-state index in [1.54, 1.807) is 4.57 Å². The second kappa shape index (κ2) is 9.41. The van der Waals surface area contributed by atoms with E-state index in [4.69, 9.17) is 0 Å². The van der Waals surface area contributed by atoms with Gasteiger partial charge in [0.1, 0.15) is 11.7 Å². The second-order valence-corrected chi connectivity index (χ2v) is 12.4. The summed E-state index contributed by atoms with van der Waals surface area (Å²) >= 11 is 0. The fourth-order valence-electron chi connectivity index (χ4n) is 4.38. The van der Waals surface area contributed by atoms with E-state index in [1.807, 2.05) is 20.8 Å². The summed E-state index contributed by atoms with van der Waals surface area (Å²) in [6, 6.07) is 6.00. The number of hydrogen-bond acceptors (Lipinski definition) is 3. The van der Waals surface area contributed by atoms with Crippen LogP contribution in [-0.2, 0) is 22.7 Å². The molecule has 0 bridgehead atoms. The molecule has 196 valence electrons. The minimum absolute atomic E-state index is 0.0373. The lowest BCUT2D eigenvalue weighted by atomic mass is 9.97. The zero-order valence-corrected chi connectivity index (χ0v) is 20.9. The Morgan fingerprint density at radius 3 is 2.31 bits per heavy atom. The maximum atomic E-state index is 14.2. The fraction of sp³-hybridized carbons (Fsp3) is 0.480. The average Bonchev–Trinajstić information content (AvgIpc) is 3.05. The second-order valence-electron chi connectivity index (χ2n) is 10.4. The Labute approximate surface area is 206 Å². The van der Waals surface area contributed by atoms with Crippen LogP contribution >= 0.6 is 0 Å². The van der Waals surface area contributed by atoms with Gasteiger partial charge in [-0.1, -0.05) is 45.4 Å². The molecular formula is C25H28F5N3O2S. The molecule has 1 saturated carbocycles. The van der Waals surface area contributed by atoms with Gasteiger partial charge in [0, 0.05) is 29.3 Å². The summed E-state index contributed by atoms with van der Waals surface area (Å²) in [5, 5.41) is -0.445. The molecule has 0 radical (unpaired) electrons. The number of rotatable bonds is 7. The van der Waals surface area contributed by atoms with Crippen molar-refractivity contribution in [3.63, 3.8) is 0 Å². The molecule has 3 aromatic rings. The van der Waals surface area contributed by atoms with Gasteiger partial charge >= 0.3 is 6.18 Å². The number of benzene rings is 1. The van der Waals surface area contributed by atoms with Gasteiger partial charge in [-0.2, -0.15) is 13.2 Å². The lowest BCUT2D eigenvalue weighted by Gasteiger charge is -2.28. The molecule has 0 amide bonds. The van der Waals surface area contributed by atoms with Crippen LogP contribution in [0.5, 0.6) is 0 Å². The lowest BCUT2D eigenvalue weighted by molar-refractivity contribution is -0.137. The van der Waals surface area contributed by atoms with Crippen LogP contribution in [0.3, 0.4) is 0 Å². The highest BCUT2D eigenvalue weighted by Crippen LogP contribution is 2.39. The zero-order chi connectivity index (χ0) is 26.5. The third-order valence-electron chi connectivity index (χ3n) is 6.28. The number of aromatic nitrogens is 2. The van der Waals surface area contributed by atoms with Crippen molar-refractivity contribution < 1.29 is 30.4 Å². The standard InChI is InChI=1S/C25H28F5N3O2S/c1-24(2,3)14-33-13-18(21(22(26)27)32-36(34,35)15-7-6-8-15)16-11-12-20(31-23(16)33)17-9-4-5-10-19(17)25(28,29)30/h4-5,9-13,15,21-22,32H,6-8,14H2,1-3H3. The van der Waals surface area contributed by atoms with Crippen LogP contribution in [0.4, 0.5) is 22.0 Å². The first-order valence-corrected chi connectivity index (χ1v) is 13.2. The lowest BCUT2D eigenvalue weighted by Crippen LogP contribution is -2.42. The summed E-state index contributed by atoms with van der Waals surface area (Å²) in [6.07, 6.45) is -4.66. The molecule has 1 unspecified atom stereocenters. The number of alkyl halides is 5. The van der Waals surface area contributed by atoms with E-state index in [0.29, 0.717) is 19.4 Å². The van der Waals surface area contributed by atoms with E-state index in [1.165, 1.54) is 36.5 Å². The molecule has 1 aliphatic carbocycles. The molecule has 5 nitrogen and oxygen atoms in total. The minimum Gasteiger partial charge on any atom is -0.332 e. The predicted octanol–water partition coefficient (Wildman–Crippen LogP) is 6.55. The van der Waals surface area contributed by atoms with Crippen molar-refractivity contribution in [2.75, 3.05) is 0 Å². The molecule has 0 saturated heterocycles. The van der Waals surface area contributed by atoms with E-state index in [9.17, 15) is 30.4 Å². The van der Waals surface area contributed by atoms with Gasteiger partial charge in [-0.3, -0.25) is 0 Å². The molecule has 0 aliphatic heterocycles. The molecule has 1 aliphatic rings. The van der Waals surface area contributed by atoms with Crippen LogP contribution in [-0.4, -0.2) is 29.6 Å². The summed E-state index contributed by atoms with van der Waals surface area (Å²) in [5.74, 6) is 0. The van der Waals surface area contributed by atoms with Crippen LogP contribution in [0.1, 0.15) is 57.2 Å². The van der Waals surface area contributed by atoms with E-state index in [-0.39, 0.29) is 33.3 Å². The number of fused-ring (bicyclic) bond motifs is 1. The van der Waals surface area contributed by atoms with E-state index in [2.05, 4.69) is 9.71 Å². The molecule has 4 rings (SSSR count). The van der Waals surface area contributed by atoms with Gasteiger partial charge in [-0.05, 0) is 36.5 Å².